The van der Waals surface area contributed by atoms with Crippen molar-refractivity contribution in [2.75, 3.05) is 0 Å². The Labute approximate surface area is 192 Å². The third-order valence-corrected chi connectivity index (χ3v) is 6.69. The Morgan fingerprint density at radius 1 is 1.03 bits per heavy atom. The molecule has 33 heavy (non-hydrogen) atoms. The first-order chi connectivity index (χ1) is 16.1. The van der Waals surface area contributed by atoms with Gasteiger partial charge in [0.25, 0.3) is 0 Å². The molecule has 1 unspecified atom stereocenters. The predicted molar refractivity (Wildman–Crippen MR) is 134 cm³/mol. The van der Waals surface area contributed by atoms with Gasteiger partial charge in [0.05, 0.1) is 6.04 Å². The normalized spacial score (nSPS) is 15.3. The molecule has 164 valence electrons. The summed E-state index contributed by atoms with van der Waals surface area (Å²) in [5.41, 5.74) is 8.94. The third kappa shape index (κ3) is 3.29. The van der Waals surface area contributed by atoms with E-state index < -0.39 is 0 Å². The van der Waals surface area contributed by atoms with Crippen molar-refractivity contribution >= 4 is 27.5 Å². The number of aromatic nitrogens is 2. The van der Waals surface area contributed by atoms with Crippen LogP contribution in [0.4, 0.5) is 0 Å². The standard InChI is InChI=1S/C28H26N4O/c1-17-21-9-8-20(33)14-23(21)28(30-17)27-22-5-3-4-6-24(22)31-25(27)16-29-15-18-7-10-26-19(13-18)11-12-32(26)2/h3-14,28-31,33H,1,15-16H2,2H3. The first-order valence-corrected chi connectivity index (χ1v) is 11.2. The van der Waals surface area contributed by atoms with Gasteiger partial charge in [-0.25, -0.2) is 0 Å². The van der Waals surface area contributed by atoms with Crippen molar-refractivity contribution in [3.8, 4) is 5.75 Å². The maximum absolute atomic E-state index is 10.1. The number of aryl methyl sites for hydroxylation is 1. The molecule has 0 spiro atoms. The van der Waals surface area contributed by atoms with Crippen molar-refractivity contribution in [2.24, 2.45) is 7.05 Å². The average Bonchev–Trinajstić information content (AvgIpc) is 3.46. The maximum atomic E-state index is 10.1. The molecule has 1 atom stereocenters. The van der Waals surface area contributed by atoms with Gasteiger partial charge in [-0.2, -0.15) is 0 Å². The van der Waals surface area contributed by atoms with Gasteiger partial charge < -0.3 is 25.3 Å². The molecule has 5 aromatic rings. The van der Waals surface area contributed by atoms with Crippen molar-refractivity contribution in [3.63, 3.8) is 0 Å². The monoisotopic (exact) mass is 434 g/mol. The molecule has 0 amide bonds. The summed E-state index contributed by atoms with van der Waals surface area (Å²) in [4.78, 5) is 3.62. The number of phenols is 1. The molecule has 0 saturated carbocycles. The SMILES string of the molecule is C=C1NC(c2c(CNCc3ccc4c(ccn4C)c3)[nH]c3ccccc23)c2cc(O)ccc21. The number of benzene rings is 3. The summed E-state index contributed by atoms with van der Waals surface area (Å²) in [5.74, 6) is 0.270. The highest BCUT2D eigenvalue weighted by atomic mass is 16.3. The van der Waals surface area contributed by atoms with E-state index in [1.165, 1.54) is 27.4 Å². The van der Waals surface area contributed by atoms with Crippen molar-refractivity contribution in [1.29, 1.82) is 0 Å². The number of hydrogen-bond acceptors (Lipinski definition) is 3. The van der Waals surface area contributed by atoms with E-state index in [9.17, 15) is 5.11 Å². The van der Waals surface area contributed by atoms with Gasteiger partial charge in [-0.3, -0.25) is 0 Å². The van der Waals surface area contributed by atoms with E-state index in [2.05, 4.69) is 88.5 Å². The summed E-state index contributed by atoms with van der Waals surface area (Å²) in [7, 11) is 2.07. The summed E-state index contributed by atoms with van der Waals surface area (Å²) >= 11 is 0. The molecule has 1 aliphatic heterocycles. The van der Waals surface area contributed by atoms with E-state index in [0.29, 0.717) is 6.54 Å². The molecule has 0 bridgehead atoms. The van der Waals surface area contributed by atoms with Crippen LogP contribution in [0, 0.1) is 0 Å². The van der Waals surface area contributed by atoms with Crippen LogP contribution in [0.1, 0.15) is 34.0 Å². The second kappa shape index (κ2) is 7.57. The van der Waals surface area contributed by atoms with Crippen LogP contribution in [-0.4, -0.2) is 14.7 Å². The summed E-state index contributed by atoms with van der Waals surface area (Å²) in [6.45, 7) is 5.69. The minimum absolute atomic E-state index is 0.0618. The number of hydrogen-bond donors (Lipinski definition) is 4. The van der Waals surface area contributed by atoms with Crippen molar-refractivity contribution in [2.45, 2.75) is 19.1 Å². The molecule has 1 aliphatic rings. The van der Waals surface area contributed by atoms with Gasteiger partial charge in [0.15, 0.2) is 0 Å². The van der Waals surface area contributed by atoms with Crippen molar-refractivity contribution in [1.82, 2.24) is 20.2 Å². The Kier molecular flexibility index (Phi) is 4.52. The van der Waals surface area contributed by atoms with E-state index in [1.807, 2.05) is 12.1 Å². The van der Waals surface area contributed by atoms with Gasteiger partial charge in [-0.1, -0.05) is 30.8 Å². The number of phenolic OH excluding ortho intramolecular Hbond substituents is 1. The van der Waals surface area contributed by atoms with Gasteiger partial charge in [0.1, 0.15) is 5.75 Å². The molecule has 4 N–H and O–H groups in total. The second-order valence-corrected chi connectivity index (χ2v) is 8.81. The largest absolute Gasteiger partial charge is 0.508 e. The van der Waals surface area contributed by atoms with E-state index in [-0.39, 0.29) is 11.8 Å². The van der Waals surface area contributed by atoms with Gasteiger partial charge in [0, 0.05) is 65.3 Å². The Morgan fingerprint density at radius 2 is 1.91 bits per heavy atom. The van der Waals surface area contributed by atoms with Crippen LogP contribution in [-0.2, 0) is 20.1 Å². The van der Waals surface area contributed by atoms with Crippen LogP contribution >= 0.6 is 0 Å². The third-order valence-electron chi connectivity index (χ3n) is 6.69. The highest BCUT2D eigenvalue weighted by Gasteiger charge is 2.30. The second-order valence-electron chi connectivity index (χ2n) is 8.81. The number of para-hydroxylation sites is 1. The lowest BCUT2D eigenvalue weighted by atomic mass is 9.95. The van der Waals surface area contributed by atoms with Crippen LogP contribution < -0.4 is 10.6 Å². The van der Waals surface area contributed by atoms with E-state index >= 15 is 0 Å². The Hall–Kier alpha value is -3.96. The predicted octanol–water partition coefficient (Wildman–Crippen LogP) is 5.32. The fraction of sp³-hybridized carbons (Fsp3) is 0.143. The van der Waals surface area contributed by atoms with E-state index in [1.54, 1.807) is 6.07 Å². The molecule has 0 saturated heterocycles. The van der Waals surface area contributed by atoms with Gasteiger partial charge >= 0.3 is 0 Å². The fourth-order valence-corrected chi connectivity index (χ4v) is 5.08. The quantitative estimate of drug-likeness (QED) is 0.303. The van der Waals surface area contributed by atoms with Crippen LogP contribution in [0.5, 0.6) is 5.75 Å². The molecular formula is C28H26N4O. The molecule has 0 fully saturated rings. The summed E-state index contributed by atoms with van der Waals surface area (Å²) in [5, 5.41) is 19.8. The molecule has 2 aromatic heterocycles. The summed E-state index contributed by atoms with van der Waals surface area (Å²) in [6.07, 6.45) is 2.09. The highest BCUT2D eigenvalue weighted by Crippen LogP contribution is 2.41. The topological polar surface area (TPSA) is 65.0 Å². The minimum atomic E-state index is -0.0618. The first kappa shape index (κ1) is 19.7. The number of fused-ring (bicyclic) bond motifs is 3. The molecule has 0 aliphatic carbocycles. The van der Waals surface area contributed by atoms with Crippen LogP contribution in [0.15, 0.2) is 79.5 Å². The average molecular weight is 435 g/mol. The Morgan fingerprint density at radius 3 is 2.82 bits per heavy atom. The Bertz CT molecular complexity index is 1520. The molecule has 5 nitrogen and oxygen atoms in total. The number of nitrogens with one attached hydrogen (secondary N) is 3. The van der Waals surface area contributed by atoms with E-state index in [4.69, 9.17) is 0 Å². The minimum Gasteiger partial charge on any atom is -0.508 e. The lowest BCUT2D eigenvalue weighted by Gasteiger charge is -2.16. The van der Waals surface area contributed by atoms with Crippen LogP contribution in [0.2, 0.25) is 0 Å². The zero-order valence-corrected chi connectivity index (χ0v) is 18.5. The zero-order valence-electron chi connectivity index (χ0n) is 18.5. The number of H-pyrrole nitrogens is 1. The highest BCUT2D eigenvalue weighted by molar-refractivity contribution is 5.87. The number of nitrogens with zero attached hydrogens (tertiary/aromatic N) is 1. The first-order valence-electron chi connectivity index (χ1n) is 11.2. The van der Waals surface area contributed by atoms with Crippen LogP contribution in [0.3, 0.4) is 0 Å². The van der Waals surface area contributed by atoms with Gasteiger partial charge in [-0.15, -0.1) is 0 Å². The van der Waals surface area contributed by atoms with E-state index in [0.717, 1.165) is 34.6 Å². The maximum Gasteiger partial charge on any atom is 0.115 e. The molecule has 6 rings (SSSR count). The molecule has 3 heterocycles. The van der Waals surface area contributed by atoms with Crippen molar-refractivity contribution < 1.29 is 5.11 Å². The molecule has 5 heteroatoms. The smallest absolute Gasteiger partial charge is 0.115 e. The van der Waals surface area contributed by atoms with Gasteiger partial charge in [-0.05, 0) is 59.0 Å². The van der Waals surface area contributed by atoms with Crippen LogP contribution in [0.25, 0.3) is 27.5 Å². The zero-order chi connectivity index (χ0) is 22.5. The molecule has 0 radical (unpaired) electrons. The fourth-order valence-electron chi connectivity index (χ4n) is 5.08. The number of aromatic amines is 1. The van der Waals surface area contributed by atoms with Gasteiger partial charge in [0.2, 0.25) is 0 Å². The number of rotatable bonds is 5. The Balaban J connectivity index is 1.32. The molecule has 3 aromatic carbocycles. The summed E-state index contributed by atoms with van der Waals surface area (Å²) < 4.78 is 2.14. The molecular weight excluding hydrogens is 408 g/mol. The van der Waals surface area contributed by atoms with Crippen molar-refractivity contribution in [3.05, 3.63) is 107 Å². The lowest BCUT2D eigenvalue weighted by molar-refractivity contribution is 0.474. The number of aromatic hydroxyl groups is 1. The lowest BCUT2D eigenvalue weighted by Crippen LogP contribution is -2.18. The summed E-state index contributed by atoms with van der Waals surface area (Å²) in [6, 6.07) is 22.6.